The Morgan fingerprint density at radius 1 is 1.37 bits per heavy atom. The third kappa shape index (κ3) is 3.54. The van der Waals surface area contributed by atoms with Crippen LogP contribution >= 0.6 is 0 Å². The summed E-state index contributed by atoms with van der Waals surface area (Å²) in [6, 6.07) is 3.40. The van der Waals surface area contributed by atoms with Crippen LogP contribution in [0.4, 0.5) is 5.69 Å². The summed E-state index contributed by atoms with van der Waals surface area (Å²) < 4.78 is 4.92. The van der Waals surface area contributed by atoms with E-state index in [1.54, 1.807) is 30.7 Å². The second-order valence-corrected chi connectivity index (χ2v) is 4.01. The Hall–Kier alpha value is -2.37. The highest BCUT2D eigenvalue weighted by Crippen LogP contribution is 2.13. The molecule has 0 atom stereocenters. The molecule has 6 heteroatoms. The fourth-order valence-corrected chi connectivity index (χ4v) is 1.59. The quantitative estimate of drug-likeness (QED) is 0.828. The van der Waals surface area contributed by atoms with E-state index in [4.69, 9.17) is 4.52 Å². The second-order valence-electron chi connectivity index (χ2n) is 4.01. The monoisotopic (exact) mass is 260 g/mol. The van der Waals surface area contributed by atoms with Gasteiger partial charge in [-0.05, 0) is 12.5 Å². The summed E-state index contributed by atoms with van der Waals surface area (Å²) in [5.74, 6) is 0.447. The molecule has 2 heterocycles. The van der Waals surface area contributed by atoms with Gasteiger partial charge < -0.3 is 15.2 Å². The molecule has 0 saturated heterocycles. The Bertz CT molecular complexity index is 525. The standard InChI is InChI=1S/C13H16N4O2/c1-2-5-15-12-9-14-6-4-11(12)13(18)16-8-10-3-7-17-19-10/h3-4,6-7,9,15H,2,5,8H2,1H3,(H,16,18). The molecule has 2 N–H and O–H groups in total. The van der Waals surface area contributed by atoms with Crippen LogP contribution in [0.25, 0.3) is 0 Å². The smallest absolute Gasteiger partial charge is 0.253 e. The van der Waals surface area contributed by atoms with Gasteiger partial charge in [-0.3, -0.25) is 9.78 Å². The van der Waals surface area contributed by atoms with Gasteiger partial charge in [-0.25, -0.2) is 0 Å². The van der Waals surface area contributed by atoms with Crippen molar-refractivity contribution in [3.8, 4) is 0 Å². The number of aromatic nitrogens is 2. The highest BCUT2D eigenvalue weighted by Gasteiger charge is 2.11. The first-order valence-corrected chi connectivity index (χ1v) is 6.17. The Kier molecular flexibility index (Phi) is 4.49. The van der Waals surface area contributed by atoms with Gasteiger partial charge in [0.1, 0.15) is 0 Å². The Morgan fingerprint density at radius 2 is 2.26 bits per heavy atom. The predicted molar refractivity (Wildman–Crippen MR) is 70.7 cm³/mol. The molecule has 2 rings (SSSR count). The molecule has 0 spiro atoms. The van der Waals surface area contributed by atoms with Gasteiger partial charge >= 0.3 is 0 Å². The summed E-state index contributed by atoms with van der Waals surface area (Å²) in [6.07, 6.45) is 5.77. The average molecular weight is 260 g/mol. The molecule has 2 aromatic heterocycles. The van der Waals surface area contributed by atoms with Crippen LogP contribution in [0.15, 0.2) is 35.2 Å². The molecule has 0 aromatic carbocycles. The van der Waals surface area contributed by atoms with Gasteiger partial charge in [-0.2, -0.15) is 0 Å². The van der Waals surface area contributed by atoms with E-state index in [-0.39, 0.29) is 5.91 Å². The van der Waals surface area contributed by atoms with E-state index >= 15 is 0 Å². The number of anilines is 1. The number of hydrogen-bond donors (Lipinski definition) is 2. The number of rotatable bonds is 6. The fraction of sp³-hybridized carbons (Fsp3) is 0.308. The molecule has 100 valence electrons. The maximum Gasteiger partial charge on any atom is 0.253 e. The maximum absolute atomic E-state index is 12.1. The number of hydrogen-bond acceptors (Lipinski definition) is 5. The van der Waals surface area contributed by atoms with E-state index in [2.05, 4.69) is 27.7 Å². The van der Waals surface area contributed by atoms with Crippen molar-refractivity contribution in [2.24, 2.45) is 0 Å². The third-order valence-electron chi connectivity index (χ3n) is 2.55. The van der Waals surface area contributed by atoms with Gasteiger partial charge in [0.25, 0.3) is 5.91 Å². The van der Waals surface area contributed by atoms with Crippen LogP contribution in [0, 0.1) is 0 Å². The van der Waals surface area contributed by atoms with Crippen molar-refractivity contribution in [1.29, 1.82) is 0 Å². The molecule has 19 heavy (non-hydrogen) atoms. The van der Waals surface area contributed by atoms with E-state index in [1.807, 2.05) is 0 Å². The highest BCUT2D eigenvalue weighted by atomic mass is 16.5. The molecule has 0 aliphatic rings. The lowest BCUT2D eigenvalue weighted by Gasteiger charge is -2.10. The lowest BCUT2D eigenvalue weighted by atomic mass is 10.2. The van der Waals surface area contributed by atoms with E-state index < -0.39 is 0 Å². The number of nitrogens with zero attached hydrogens (tertiary/aromatic N) is 2. The number of amides is 1. The first-order valence-electron chi connectivity index (χ1n) is 6.17. The normalized spacial score (nSPS) is 10.2. The largest absolute Gasteiger partial charge is 0.383 e. The van der Waals surface area contributed by atoms with Crippen molar-refractivity contribution < 1.29 is 9.32 Å². The van der Waals surface area contributed by atoms with E-state index in [0.717, 1.165) is 18.7 Å². The fourth-order valence-electron chi connectivity index (χ4n) is 1.59. The van der Waals surface area contributed by atoms with Gasteiger partial charge in [0.15, 0.2) is 5.76 Å². The molecule has 0 aliphatic carbocycles. The van der Waals surface area contributed by atoms with Crippen LogP contribution < -0.4 is 10.6 Å². The number of carbonyl (C=O) groups excluding carboxylic acids is 1. The molecule has 0 fully saturated rings. The molecular weight excluding hydrogens is 244 g/mol. The zero-order chi connectivity index (χ0) is 13.5. The van der Waals surface area contributed by atoms with Crippen molar-refractivity contribution in [3.05, 3.63) is 42.0 Å². The molecular formula is C13H16N4O2. The van der Waals surface area contributed by atoms with Crippen LogP contribution in [0.1, 0.15) is 29.5 Å². The second kappa shape index (κ2) is 6.53. The maximum atomic E-state index is 12.1. The van der Waals surface area contributed by atoms with Crippen LogP contribution in [-0.4, -0.2) is 22.6 Å². The van der Waals surface area contributed by atoms with Gasteiger partial charge in [-0.1, -0.05) is 12.1 Å². The summed E-state index contributed by atoms with van der Waals surface area (Å²) in [6.45, 7) is 3.18. The van der Waals surface area contributed by atoms with E-state index in [9.17, 15) is 4.79 Å². The number of pyridine rings is 1. The van der Waals surface area contributed by atoms with Gasteiger partial charge in [0.05, 0.1) is 30.2 Å². The lowest BCUT2D eigenvalue weighted by Crippen LogP contribution is -2.24. The molecule has 0 unspecified atom stereocenters. The SMILES string of the molecule is CCCNc1cnccc1C(=O)NCc1ccno1. The third-order valence-corrected chi connectivity index (χ3v) is 2.55. The molecule has 0 bridgehead atoms. The van der Waals surface area contributed by atoms with Crippen molar-refractivity contribution in [2.75, 3.05) is 11.9 Å². The summed E-state index contributed by atoms with van der Waals surface area (Å²) in [4.78, 5) is 16.1. The first kappa shape index (κ1) is 13.1. The first-order chi connectivity index (χ1) is 9.31. The minimum Gasteiger partial charge on any atom is -0.383 e. The molecule has 1 amide bonds. The van der Waals surface area contributed by atoms with Gasteiger partial charge in [0.2, 0.25) is 0 Å². The van der Waals surface area contributed by atoms with Crippen LogP contribution in [-0.2, 0) is 6.54 Å². The highest BCUT2D eigenvalue weighted by molar-refractivity contribution is 5.99. The molecule has 0 aliphatic heterocycles. The van der Waals surface area contributed by atoms with Crippen LogP contribution in [0.2, 0.25) is 0 Å². The van der Waals surface area contributed by atoms with Crippen molar-refractivity contribution in [3.63, 3.8) is 0 Å². The number of nitrogens with one attached hydrogen (secondary N) is 2. The summed E-state index contributed by atoms with van der Waals surface area (Å²) in [7, 11) is 0. The zero-order valence-electron chi connectivity index (χ0n) is 10.7. The number of carbonyl (C=O) groups is 1. The molecule has 0 saturated carbocycles. The Balaban J connectivity index is 2.01. The predicted octanol–water partition coefficient (Wildman–Crippen LogP) is 1.82. The van der Waals surface area contributed by atoms with Crippen molar-refractivity contribution in [1.82, 2.24) is 15.5 Å². The molecule has 6 nitrogen and oxygen atoms in total. The Morgan fingerprint density at radius 3 is 3.00 bits per heavy atom. The van der Waals surface area contributed by atoms with Crippen molar-refractivity contribution in [2.45, 2.75) is 19.9 Å². The van der Waals surface area contributed by atoms with Gasteiger partial charge in [-0.15, -0.1) is 0 Å². The van der Waals surface area contributed by atoms with Crippen LogP contribution in [0.3, 0.4) is 0 Å². The van der Waals surface area contributed by atoms with Crippen LogP contribution in [0.5, 0.6) is 0 Å². The average Bonchev–Trinajstić information content (AvgIpc) is 2.96. The zero-order valence-corrected chi connectivity index (χ0v) is 10.7. The Labute approximate surface area is 111 Å². The van der Waals surface area contributed by atoms with E-state index in [1.165, 1.54) is 0 Å². The lowest BCUT2D eigenvalue weighted by molar-refractivity contribution is 0.0947. The van der Waals surface area contributed by atoms with E-state index in [0.29, 0.717) is 17.9 Å². The molecule has 2 aromatic rings. The summed E-state index contributed by atoms with van der Waals surface area (Å²) in [5.41, 5.74) is 1.31. The topological polar surface area (TPSA) is 80.0 Å². The summed E-state index contributed by atoms with van der Waals surface area (Å²) in [5, 5.41) is 9.54. The summed E-state index contributed by atoms with van der Waals surface area (Å²) >= 11 is 0. The molecule has 0 radical (unpaired) electrons. The minimum atomic E-state index is -0.169. The minimum absolute atomic E-state index is 0.169. The van der Waals surface area contributed by atoms with Crippen molar-refractivity contribution >= 4 is 11.6 Å². The van der Waals surface area contributed by atoms with Gasteiger partial charge in [0, 0.05) is 18.8 Å².